The summed E-state index contributed by atoms with van der Waals surface area (Å²) in [4.78, 5) is 17.9. The Balaban J connectivity index is 1.20. The quantitative estimate of drug-likeness (QED) is 0.561. The third kappa shape index (κ3) is 4.35. The number of aryl methyl sites for hydroxylation is 2. The van der Waals surface area contributed by atoms with Crippen LogP contribution in [-0.2, 0) is 12.7 Å². The number of hydrogen-bond donors (Lipinski definition) is 1. The van der Waals surface area contributed by atoms with E-state index in [1.807, 2.05) is 22.6 Å². The van der Waals surface area contributed by atoms with Gasteiger partial charge in [-0.3, -0.25) is 0 Å². The number of hydrogen-bond acceptors (Lipinski definition) is 7. The lowest BCUT2D eigenvalue weighted by Crippen LogP contribution is -2.48. The van der Waals surface area contributed by atoms with Crippen LogP contribution in [0.15, 0.2) is 36.7 Å². The first-order chi connectivity index (χ1) is 17.3. The first kappa shape index (κ1) is 23.1. The number of aromatic nitrogens is 5. The topological polar surface area (TPSA) is 75.0 Å². The summed E-state index contributed by atoms with van der Waals surface area (Å²) in [6, 6.07) is 7.62. The Hall–Kier alpha value is -3.37. The van der Waals surface area contributed by atoms with Crippen molar-refractivity contribution in [1.29, 1.82) is 0 Å². The molecule has 0 amide bonds. The van der Waals surface area contributed by atoms with Crippen LogP contribution >= 0.6 is 0 Å². The molecule has 3 aromatic rings. The van der Waals surface area contributed by atoms with Crippen LogP contribution < -0.4 is 15.1 Å². The molecule has 4 heterocycles. The number of rotatable bonds is 4. The van der Waals surface area contributed by atoms with E-state index in [4.69, 9.17) is 10.1 Å². The van der Waals surface area contributed by atoms with E-state index < -0.39 is 11.7 Å². The lowest BCUT2D eigenvalue weighted by atomic mass is 9.92. The second-order valence-electron chi connectivity index (χ2n) is 10.1. The molecule has 2 bridgehead atoms. The molecule has 36 heavy (non-hydrogen) atoms. The average molecular weight is 499 g/mol. The maximum atomic E-state index is 13.0. The third-order valence-electron chi connectivity index (χ3n) is 7.64. The van der Waals surface area contributed by atoms with E-state index in [1.165, 1.54) is 12.1 Å². The van der Waals surface area contributed by atoms with Crippen molar-refractivity contribution in [1.82, 2.24) is 24.7 Å². The summed E-state index contributed by atoms with van der Waals surface area (Å²) >= 11 is 0. The molecule has 190 valence electrons. The van der Waals surface area contributed by atoms with Crippen molar-refractivity contribution < 1.29 is 13.2 Å². The molecule has 6 rings (SSSR count). The van der Waals surface area contributed by atoms with Gasteiger partial charge in [0.1, 0.15) is 12.1 Å². The molecule has 0 radical (unpaired) electrons. The zero-order chi connectivity index (χ0) is 24.9. The van der Waals surface area contributed by atoms with Gasteiger partial charge < -0.3 is 15.1 Å². The first-order valence-electron chi connectivity index (χ1n) is 12.5. The Bertz CT molecular complexity index is 1210. The molecule has 2 aliphatic heterocycles. The number of piperidine rings is 1. The van der Waals surface area contributed by atoms with Crippen LogP contribution in [0.3, 0.4) is 0 Å². The SMILES string of the molecule is Cc1cc(N2C[C@H]3CC[C@@H](C2)[C@H]3Nc2nc3n(n2)CCCCN3c2ccc(C(F)(F)F)cc2)ncn1. The summed E-state index contributed by atoms with van der Waals surface area (Å²) in [5.74, 6) is 3.19. The Labute approximate surface area is 207 Å². The molecule has 3 aliphatic rings. The summed E-state index contributed by atoms with van der Waals surface area (Å²) in [5.41, 5.74) is 1.01. The fourth-order valence-corrected chi connectivity index (χ4v) is 5.86. The standard InChI is InChI=1S/C25H29F3N8/c1-16-12-21(30-15-29-16)34-13-17-4-5-18(14-34)22(17)31-23-32-24-35(10-2-3-11-36(24)33-23)20-8-6-19(7-9-20)25(26,27)28/h6-9,12,15,17-18,22H,2-5,10-11,13-14H2,1H3,(H,31,33)/t17-,18+,22+. The fourth-order valence-electron chi connectivity index (χ4n) is 5.86. The van der Waals surface area contributed by atoms with Gasteiger partial charge in [0, 0.05) is 49.7 Å². The number of benzene rings is 1. The molecule has 8 nitrogen and oxygen atoms in total. The van der Waals surface area contributed by atoms with E-state index in [9.17, 15) is 13.2 Å². The maximum absolute atomic E-state index is 13.0. The monoisotopic (exact) mass is 498 g/mol. The fraction of sp³-hybridized carbons (Fsp3) is 0.520. The van der Waals surface area contributed by atoms with Crippen LogP contribution in [0, 0.1) is 18.8 Å². The van der Waals surface area contributed by atoms with Gasteiger partial charge in [-0.2, -0.15) is 18.2 Å². The molecule has 1 N–H and O–H groups in total. The Kier molecular flexibility index (Phi) is 5.72. The predicted molar refractivity (Wildman–Crippen MR) is 130 cm³/mol. The zero-order valence-corrected chi connectivity index (χ0v) is 20.1. The zero-order valence-electron chi connectivity index (χ0n) is 20.1. The van der Waals surface area contributed by atoms with Gasteiger partial charge >= 0.3 is 6.18 Å². The van der Waals surface area contributed by atoms with Crippen molar-refractivity contribution in [2.24, 2.45) is 11.8 Å². The molecule has 0 unspecified atom stereocenters. The molecule has 3 atom stereocenters. The second-order valence-corrected chi connectivity index (χ2v) is 10.1. The van der Waals surface area contributed by atoms with Gasteiger partial charge in [-0.25, -0.2) is 14.6 Å². The largest absolute Gasteiger partial charge is 0.416 e. The number of fused-ring (bicyclic) bond motifs is 3. The van der Waals surface area contributed by atoms with E-state index in [2.05, 4.69) is 20.2 Å². The minimum atomic E-state index is -4.35. The van der Waals surface area contributed by atoms with Gasteiger partial charge in [0.25, 0.3) is 0 Å². The lowest BCUT2D eigenvalue weighted by Gasteiger charge is -2.38. The van der Waals surface area contributed by atoms with Crippen LogP contribution in [0.2, 0.25) is 0 Å². The Morgan fingerprint density at radius 3 is 2.39 bits per heavy atom. The highest BCUT2D eigenvalue weighted by Crippen LogP contribution is 2.40. The molecule has 1 saturated heterocycles. The molecule has 2 aromatic heterocycles. The van der Waals surface area contributed by atoms with Crippen LogP contribution in [0.1, 0.15) is 36.9 Å². The summed E-state index contributed by atoms with van der Waals surface area (Å²) in [6.07, 6.45) is 1.42. The van der Waals surface area contributed by atoms with Gasteiger partial charge in [-0.05, 0) is 68.7 Å². The summed E-state index contributed by atoms with van der Waals surface area (Å²) in [7, 11) is 0. The molecule has 1 aromatic carbocycles. The molecule has 2 fully saturated rings. The molecule has 1 saturated carbocycles. The highest BCUT2D eigenvalue weighted by Gasteiger charge is 2.43. The van der Waals surface area contributed by atoms with Gasteiger partial charge in [0.2, 0.25) is 11.9 Å². The average Bonchev–Trinajstić information content (AvgIpc) is 3.25. The molecule has 0 spiro atoms. The number of alkyl halides is 3. The Morgan fingerprint density at radius 2 is 1.69 bits per heavy atom. The molecular weight excluding hydrogens is 469 g/mol. The smallest absolute Gasteiger partial charge is 0.356 e. The highest BCUT2D eigenvalue weighted by atomic mass is 19.4. The molecule has 1 aliphatic carbocycles. The molecular formula is C25H29F3N8. The van der Waals surface area contributed by atoms with Crippen LogP contribution in [0.4, 0.5) is 36.6 Å². The van der Waals surface area contributed by atoms with Crippen molar-refractivity contribution in [2.75, 3.05) is 34.8 Å². The third-order valence-corrected chi connectivity index (χ3v) is 7.64. The van der Waals surface area contributed by atoms with Gasteiger partial charge in [0.05, 0.1) is 5.56 Å². The van der Waals surface area contributed by atoms with Crippen molar-refractivity contribution in [3.63, 3.8) is 0 Å². The van der Waals surface area contributed by atoms with E-state index in [0.29, 0.717) is 36.0 Å². The summed E-state index contributed by atoms with van der Waals surface area (Å²) in [6.45, 7) is 5.26. The number of anilines is 4. The van der Waals surface area contributed by atoms with E-state index >= 15 is 0 Å². The summed E-state index contributed by atoms with van der Waals surface area (Å²) < 4.78 is 41.0. The lowest BCUT2D eigenvalue weighted by molar-refractivity contribution is -0.137. The van der Waals surface area contributed by atoms with Crippen molar-refractivity contribution in [2.45, 2.75) is 51.4 Å². The van der Waals surface area contributed by atoms with E-state index in [0.717, 1.165) is 69.0 Å². The van der Waals surface area contributed by atoms with Gasteiger partial charge in [-0.1, -0.05) is 0 Å². The van der Waals surface area contributed by atoms with Crippen LogP contribution in [0.5, 0.6) is 0 Å². The van der Waals surface area contributed by atoms with Crippen LogP contribution in [0.25, 0.3) is 0 Å². The predicted octanol–water partition coefficient (Wildman–Crippen LogP) is 4.65. The normalized spacial score (nSPS) is 23.9. The van der Waals surface area contributed by atoms with Crippen molar-refractivity contribution >= 4 is 23.4 Å². The maximum Gasteiger partial charge on any atom is 0.416 e. The van der Waals surface area contributed by atoms with Crippen LogP contribution in [-0.4, -0.2) is 50.4 Å². The Morgan fingerprint density at radius 1 is 0.972 bits per heavy atom. The van der Waals surface area contributed by atoms with E-state index in [1.54, 1.807) is 6.33 Å². The van der Waals surface area contributed by atoms with Gasteiger partial charge in [0.15, 0.2) is 0 Å². The number of nitrogens with one attached hydrogen (secondary N) is 1. The number of nitrogens with zero attached hydrogens (tertiary/aromatic N) is 7. The minimum absolute atomic E-state index is 0.287. The summed E-state index contributed by atoms with van der Waals surface area (Å²) in [5, 5.41) is 8.39. The van der Waals surface area contributed by atoms with Crippen molar-refractivity contribution in [3.8, 4) is 0 Å². The molecule has 11 heteroatoms. The van der Waals surface area contributed by atoms with Gasteiger partial charge in [-0.15, -0.1) is 5.10 Å². The highest BCUT2D eigenvalue weighted by molar-refractivity contribution is 5.59. The number of halogens is 3. The van der Waals surface area contributed by atoms with E-state index in [-0.39, 0.29) is 6.04 Å². The second kappa shape index (κ2) is 8.94. The minimum Gasteiger partial charge on any atom is -0.356 e. The first-order valence-corrected chi connectivity index (χ1v) is 12.5. The van der Waals surface area contributed by atoms with Crippen molar-refractivity contribution in [3.05, 3.63) is 47.9 Å².